The molecule has 134 valence electrons. The summed E-state index contributed by atoms with van der Waals surface area (Å²) < 4.78 is 15.5. The molecule has 0 saturated heterocycles. The lowest BCUT2D eigenvalue weighted by atomic mass is 10.1. The number of amides is 1. The minimum atomic E-state index is -0.457. The van der Waals surface area contributed by atoms with Gasteiger partial charge in [0.1, 0.15) is 28.9 Å². The molecule has 2 aromatic carbocycles. The van der Waals surface area contributed by atoms with E-state index in [2.05, 4.69) is 5.32 Å². The topological polar surface area (TPSA) is 80.6 Å². The van der Waals surface area contributed by atoms with Crippen molar-refractivity contribution < 1.29 is 19.0 Å². The molecule has 0 spiro atoms. The Morgan fingerprint density at radius 3 is 2.27 bits per heavy atom. The van der Waals surface area contributed by atoms with Gasteiger partial charge in [-0.05, 0) is 35.9 Å². The maximum atomic E-state index is 12.3. The van der Waals surface area contributed by atoms with Gasteiger partial charge in [-0.15, -0.1) is 0 Å². The van der Waals surface area contributed by atoms with E-state index in [4.69, 9.17) is 14.2 Å². The van der Waals surface area contributed by atoms with Crippen LogP contribution in [0.3, 0.4) is 0 Å². The zero-order valence-electron chi connectivity index (χ0n) is 14.9. The summed E-state index contributed by atoms with van der Waals surface area (Å²) in [6.45, 7) is 0.230. The first-order chi connectivity index (χ1) is 12.6. The van der Waals surface area contributed by atoms with Crippen molar-refractivity contribution in [2.45, 2.75) is 6.54 Å². The summed E-state index contributed by atoms with van der Waals surface area (Å²) in [6.07, 6.45) is 1.53. The minimum Gasteiger partial charge on any atom is -0.497 e. The predicted molar refractivity (Wildman–Crippen MR) is 98.0 cm³/mol. The molecule has 0 fully saturated rings. The Bertz CT molecular complexity index is 836. The highest BCUT2D eigenvalue weighted by Crippen LogP contribution is 2.24. The Balaban J connectivity index is 2.09. The fraction of sp³-hybridized carbons (Fsp3) is 0.200. The summed E-state index contributed by atoms with van der Waals surface area (Å²) in [6, 6.07) is 14.3. The van der Waals surface area contributed by atoms with Crippen LogP contribution in [0.4, 0.5) is 0 Å². The van der Waals surface area contributed by atoms with Gasteiger partial charge in [-0.2, -0.15) is 5.26 Å². The van der Waals surface area contributed by atoms with Gasteiger partial charge in [0.05, 0.1) is 21.3 Å². The van der Waals surface area contributed by atoms with E-state index in [0.29, 0.717) is 17.2 Å². The van der Waals surface area contributed by atoms with Crippen molar-refractivity contribution >= 4 is 12.0 Å². The minimum absolute atomic E-state index is 0.0163. The molecule has 2 rings (SSSR count). The standard InChI is InChI=1S/C20H20N2O4/c1-24-17-7-4-14(5-8-17)10-16(12-21)20(23)22-13-15-6-9-18(25-2)11-19(15)26-3/h4-11H,13H2,1-3H3,(H,22,23)/b16-10+. The van der Waals surface area contributed by atoms with Crippen LogP contribution in [0.1, 0.15) is 11.1 Å². The Labute approximate surface area is 152 Å². The highest BCUT2D eigenvalue weighted by atomic mass is 16.5. The fourth-order valence-electron chi connectivity index (χ4n) is 2.28. The molecule has 0 atom stereocenters. The Morgan fingerprint density at radius 2 is 1.69 bits per heavy atom. The van der Waals surface area contributed by atoms with Crippen molar-refractivity contribution in [2.24, 2.45) is 0 Å². The first-order valence-electron chi connectivity index (χ1n) is 7.86. The van der Waals surface area contributed by atoms with Crippen LogP contribution in [0.5, 0.6) is 17.2 Å². The summed E-state index contributed by atoms with van der Waals surface area (Å²) >= 11 is 0. The van der Waals surface area contributed by atoms with Crippen LogP contribution in [-0.4, -0.2) is 27.2 Å². The zero-order valence-corrected chi connectivity index (χ0v) is 14.9. The van der Waals surface area contributed by atoms with Crippen LogP contribution >= 0.6 is 0 Å². The molecule has 0 radical (unpaired) electrons. The molecule has 0 aliphatic heterocycles. The summed E-state index contributed by atoms with van der Waals surface area (Å²) in [7, 11) is 4.69. The molecule has 0 aliphatic carbocycles. The Kier molecular flexibility index (Phi) is 6.63. The molecule has 0 bridgehead atoms. The number of ether oxygens (including phenoxy) is 3. The summed E-state index contributed by atoms with van der Waals surface area (Å²) in [5, 5.41) is 12.0. The van der Waals surface area contributed by atoms with Gasteiger partial charge >= 0.3 is 0 Å². The van der Waals surface area contributed by atoms with Gasteiger partial charge in [-0.25, -0.2) is 0 Å². The summed E-state index contributed by atoms with van der Waals surface area (Å²) in [5.41, 5.74) is 1.53. The molecule has 0 saturated carbocycles. The molecular weight excluding hydrogens is 332 g/mol. The highest BCUT2D eigenvalue weighted by Gasteiger charge is 2.11. The van der Waals surface area contributed by atoms with E-state index in [1.54, 1.807) is 63.8 Å². The molecule has 2 aromatic rings. The molecule has 1 N–H and O–H groups in total. The number of nitrogens with one attached hydrogen (secondary N) is 1. The van der Waals surface area contributed by atoms with Gasteiger partial charge in [0, 0.05) is 18.2 Å². The third kappa shape index (κ3) is 4.77. The van der Waals surface area contributed by atoms with Crippen LogP contribution < -0.4 is 19.5 Å². The third-order valence-corrected chi connectivity index (χ3v) is 3.73. The molecule has 0 heterocycles. The average Bonchev–Trinajstić information content (AvgIpc) is 2.70. The van der Waals surface area contributed by atoms with Gasteiger partial charge in [-0.1, -0.05) is 12.1 Å². The van der Waals surface area contributed by atoms with E-state index < -0.39 is 5.91 Å². The third-order valence-electron chi connectivity index (χ3n) is 3.73. The van der Waals surface area contributed by atoms with Gasteiger partial charge in [0.15, 0.2) is 0 Å². The van der Waals surface area contributed by atoms with Gasteiger partial charge in [0.25, 0.3) is 5.91 Å². The first-order valence-corrected chi connectivity index (χ1v) is 7.86. The van der Waals surface area contributed by atoms with Crippen molar-refractivity contribution in [3.63, 3.8) is 0 Å². The largest absolute Gasteiger partial charge is 0.497 e. The lowest BCUT2D eigenvalue weighted by Crippen LogP contribution is -2.24. The van der Waals surface area contributed by atoms with E-state index in [0.717, 1.165) is 11.1 Å². The second-order valence-corrected chi connectivity index (χ2v) is 5.30. The van der Waals surface area contributed by atoms with Gasteiger partial charge in [0.2, 0.25) is 0 Å². The number of benzene rings is 2. The zero-order chi connectivity index (χ0) is 18.9. The second-order valence-electron chi connectivity index (χ2n) is 5.30. The monoisotopic (exact) mass is 352 g/mol. The van der Waals surface area contributed by atoms with E-state index in [-0.39, 0.29) is 12.1 Å². The lowest BCUT2D eigenvalue weighted by Gasteiger charge is -2.11. The van der Waals surface area contributed by atoms with E-state index in [1.807, 2.05) is 6.07 Å². The van der Waals surface area contributed by atoms with Crippen molar-refractivity contribution in [2.75, 3.05) is 21.3 Å². The molecule has 1 amide bonds. The molecular formula is C20H20N2O4. The molecule has 6 heteroatoms. The smallest absolute Gasteiger partial charge is 0.262 e. The summed E-state index contributed by atoms with van der Waals surface area (Å²) in [4.78, 5) is 12.3. The maximum Gasteiger partial charge on any atom is 0.262 e. The molecule has 0 unspecified atom stereocenters. The normalized spacial score (nSPS) is 10.6. The van der Waals surface area contributed by atoms with E-state index in [9.17, 15) is 10.1 Å². The van der Waals surface area contributed by atoms with Crippen LogP contribution in [0.2, 0.25) is 0 Å². The van der Waals surface area contributed by atoms with Crippen molar-refractivity contribution in [1.29, 1.82) is 5.26 Å². The van der Waals surface area contributed by atoms with Crippen molar-refractivity contribution in [1.82, 2.24) is 5.32 Å². The van der Waals surface area contributed by atoms with Gasteiger partial charge in [-0.3, -0.25) is 4.79 Å². The van der Waals surface area contributed by atoms with E-state index >= 15 is 0 Å². The van der Waals surface area contributed by atoms with Gasteiger partial charge < -0.3 is 19.5 Å². The van der Waals surface area contributed by atoms with E-state index in [1.165, 1.54) is 6.08 Å². The first kappa shape index (κ1) is 18.9. The molecule has 0 aromatic heterocycles. The number of rotatable bonds is 7. The lowest BCUT2D eigenvalue weighted by molar-refractivity contribution is -0.117. The SMILES string of the molecule is COc1ccc(/C=C(\C#N)C(=O)NCc2ccc(OC)cc2OC)cc1. The number of methoxy groups -OCH3 is 3. The Morgan fingerprint density at radius 1 is 1.04 bits per heavy atom. The highest BCUT2D eigenvalue weighted by molar-refractivity contribution is 6.01. The summed E-state index contributed by atoms with van der Waals surface area (Å²) in [5.74, 6) is 1.51. The van der Waals surface area contributed by atoms with Crippen molar-refractivity contribution in [3.8, 4) is 23.3 Å². The number of carbonyl (C=O) groups excluding carboxylic acids is 1. The number of nitriles is 1. The molecule has 0 aliphatic rings. The van der Waals surface area contributed by atoms with Crippen LogP contribution in [-0.2, 0) is 11.3 Å². The Hall–Kier alpha value is -3.46. The van der Waals surface area contributed by atoms with Crippen LogP contribution in [0.15, 0.2) is 48.0 Å². The molecule has 6 nitrogen and oxygen atoms in total. The maximum absolute atomic E-state index is 12.3. The number of hydrogen-bond acceptors (Lipinski definition) is 5. The number of carbonyl (C=O) groups is 1. The number of hydrogen-bond donors (Lipinski definition) is 1. The van der Waals surface area contributed by atoms with Crippen LogP contribution in [0, 0.1) is 11.3 Å². The quantitative estimate of drug-likeness (QED) is 0.612. The predicted octanol–water partition coefficient (Wildman–Crippen LogP) is 2.94. The fourth-order valence-corrected chi connectivity index (χ4v) is 2.28. The number of nitrogens with zero attached hydrogens (tertiary/aromatic N) is 1. The average molecular weight is 352 g/mol. The van der Waals surface area contributed by atoms with Crippen LogP contribution in [0.25, 0.3) is 6.08 Å². The molecule has 26 heavy (non-hydrogen) atoms. The second kappa shape index (κ2) is 9.14. The van der Waals surface area contributed by atoms with Crippen molar-refractivity contribution in [3.05, 3.63) is 59.2 Å².